The van der Waals surface area contributed by atoms with E-state index in [0.717, 1.165) is 5.69 Å². The van der Waals surface area contributed by atoms with Gasteiger partial charge in [-0.2, -0.15) is 4.98 Å². The molecule has 0 aromatic carbocycles. The zero-order chi connectivity index (χ0) is 9.26. The zero-order valence-corrected chi connectivity index (χ0v) is 7.11. The van der Waals surface area contributed by atoms with E-state index in [1.807, 2.05) is 6.92 Å². The molecule has 5 heteroatoms. The molecule has 2 rings (SSSR count). The topological polar surface area (TPSA) is 71.5 Å². The molecule has 0 radical (unpaired) electrons. The Kier molecular flexibility index (Phi) is 1.77. The van der Waals surface area contributed by atoms with E-state index in [4.69, 9.17) is 0 Å². The Bertz CT molecular complexity index is 485. The van der Waals surface area contributed by atoms with Gasteiger partial charge in [-0.3, -0.25) is 4.79 Å². The van der Waals surface area contributed by atoms with Crippen LogP contribution in [0.4, 0.5) is 0 Å². The molecule has 0 fully saturated rings. The highest BCUT2D eigenvalue weighted by molar-refractivity contribution is 5.75. The Hall–Kier alpha value is -1.78. The standard InChI is InChI=1S/C8H8N4O/c1-2-5-6-7(10-3-9-5)11-4-12-8(6)13/h3-4H,2H2,1H3,(H,9,10,11,12,13). The number of fused-ring (bicyclic) bond motifs is 1. The van der Waals surface area contributed by atoms with Crippen LogP contribution in [0.2, 0.25) is 0 Å². The molecule has 2 aromatic heterocycles. The van der Waals surface area contributed by atoms with Crippen LogP contribution in [-0.4, -0.2) is 19.9 Å². The van der Waals surface area contributed by atoms with E-state index < -0.39 is 0 Å². The van der Waals surface area contributed by atoms with Crippen LogP contribution < -0.4 is 5.56 Å². The number of nitrogens with one attached hydrogen (secondary N) is 1. The van der Waals surface area contributed by atoms with Crippen LogP contribution >= 0.6 is 0 Å². The molecule has 0 aliphatic heterocycles. The quantitative estimate of drug-likeness (QED) is 0.677. The second kappa shape index (κ2) is 2.93. The molecule has 66 valence electrons. The molecule has 0 aliphatic rings. The average Bonchev–Trinajstić information content (AvgIpc) is 2.17. The van der Waals surface area contributed by atoms with Crippen molar-refractivity contribution in [3.8, 4) is 0 Å². The van der Waals surface area contributed by atoms with Gasteiger partial charge in [0.15, 0.2) is 0 Å². The van der Waals surface area contributed by atoms with Gasteiger partial charge in [0.05, 0.1) is 12.0 Å². The first kappa shape index (κ1) is 7.85. The third-order valence-corrected chi connectivity index (χ3v) is 1.86. The van der Waals surface area contributed by atoms with E-state index in [9.17, 15) is 4.79 Å². The minimum Gasteiger partial charge on any atom is -0.330 e. The maximum atomic E-state index is 11.3. The Morgan fingerprint density at radius 2 is 2.23 bits per heavy atom. The summed E-state index contributed by atoms with van der Waals surface area (Å²) in [6, 6.07) is 0. The number of rotatable bonds is 1. The number of aryl methyl sites for hydroxylation is 1. The van der Waals surface area contributed by atoms with E-state index in [1.54, 1.807) is 0 Å². The lowest BCUT2D eigenvalue weighted by Crippen LogP contribution is -2.10. The number of hydrogen-bond acceptors (Lipinski definition) is 4. The third-order valence-electron chi connectivity index (χ3n) is 1.86. The van der Waals surface area contributed by atoms with Crippen molar-refractivity contribution in [2.45, 2.75) is 13.3 Å². The second-order valence-electron chi connectivity index (χ2n) is 2.61. The average molecular weight is 176 g/mol. The van der Waals surface area contributed by atoms with Gasteiger partial charge in [-0.05, 0) is 6.42 Å². The number of hydrogen-bond donors (Lipinski definition) is 1. The molecule has 0 saturated carbocycles. The Balaban J connectivity index is 2.95. The monoisotopic (exact) mass is 176 g/mol. The van der Waals surface area contributed by atoms with Crippen molar-refractivity contribution in [1.29, 1.82) is 0 Å². The summed E-state index contributed by atoms with van der Waals surface area (Å²) in [6.45, 7) is 1.94. The van der Waals surface area contributed by atoms with Crippen LogP contribution in [0.15, 0.2) is 17.4 Å². The van der Waals surface area contributed by atoms with Gasteiger partial charge in [-0.1, -0.05) is 6.92 Å². The van der Waals surface area contributed by atoms with E-state index in [-0.39, 0.29) is 5.56 Å². The number of H-pyrrole nitrogens is 1. The molecule has 0 unspecified atom stereocenters. The molecule has 2 heterocycles. The van der Waals surface area contributed by atoms with Crippen molar-refractivity contribution in [1.82, 2.24) is 19.9 Å². The lowest BCUT2D eigenvalue weighted by molar-refractivity contribution is 1.00. The smallest absolute Gasteiger partial charge is 0.284 e. The maximum Gasteiger partial charge on any atom is 0.284 e. The van der Waals surface area contributed by atoms with Crippen LogP contribution in [0, 0.1) is 0 Å². The Morgan fingerprint density at radius 3 is 3.00 bits per heavy atom. The van der Waals surface area contributed by atoms with E-state index in [2.05, 4.69) is 19.9 Å². The molecule has 5 nitrogen and oxygen atoms in total. The summed E-state index contributed by atoms with van der Waals surface area (Å²) in [7, 11) is 0. The molecular formula is C8H8N4O. The normalized spacial score (nSPS) is 10.5. The van der Waals surface area contributed by atoms with Crippen molar-refractivity contribution in [3.63, 3.8) is 0 Å². The maximum absolute atomic E-state index is 11.3. The highest BCUT2D eigenvalue weighted by atomic mass is 16.1. The SMILES string of the molecule is CCc1ncnc2[nH]cnc(=O)c12. The summed E-state index contributed by atoms with van der Waals surface area (Å²) >= 11 is 0. The Labute approximate surface area is 73.9 Å². The molecule has 0 aliphatic carbocycles. The minimum absolute atomic E-state index is 0.272. The Morgan fingerprint density at radius 1 is 1.38 bits per heavy atom. The van der Waals surface area contributed by atoms with E-state index >= 15 is 0 Å². The van der Waals surface area contributed by atoms with Gasteiger partial charge in [0.2, 0.25) is 0 Å². The van der Waals surface area contributed by atoms with Crippen LogP contribution in [0.1, 0.15) is 12.6 Å². The zero-order valence-electron chi connectivity index (χ0n) is 7.11. The largest absolute Gasteiger partial charge is 0.330 e. The predicted octanol–water partition coefficient (Wildman–Crippen LogP) is 0.276. The highest BCUT2D eigenvalue weighted by Crippen LogP contribution is 2.05. The van der Waals surface area contributed by atoms with Crippen molar-refractivity contribution in [3.05, 3.63) is 28.7 Å². The van der Waals surface area contributed by atoms with E-state index in [0.29, 0.717) is 17.5 Å². The number of nitrogens with zero attached hydrogens (tertiary/aromatic N) is 3. The lowest BCUT2D eigenvalue weighted by atomic mass is 10.2. The summed E-state index contributed by atoms with van der Waals surface area (Å²) in [6.07, 6.45) is 3.49. The first-order valence-corrected chi connectivity index (χ1v) is 4.00. The van der Waals surface area contributed by atoms with Gasteiger partial charge in [-0.15, -0.1) is 0 Å². The van der Waals surface area contributed by atoms with Gasteiger partial charge in [0, 0.05) is 0 Å². The highest BCUT2D eigenvalue weighted by Gasteiger charge is 2.05. The van der Waals surface area contributed by atoms with Crippen molar-refractivity contribution >= 4 is 11.0 Å². The first-order chi connectivity index (χ1) is 6.33. The van der Waals surface area contributed by atoms with Crippen LogP contribution in [0.5, 0.6) is 0 Å². The first-order valence-electron chi connectivity index (χ1n) is 4.00. The van der Waals surface area contributed by atoms with Crippen molar-refractivity contribution < 1.29 is 0 Å². The molecule has 0 bridgehead atoms. The fourth-order valence-corrected chi connectivity index (χ4v) is 1.24. The fraction of sp³-hybridized carbons (Fsp3) is 0.250. The number of aromatic nitrogens is 4. The van der Waals surface area contributed by atoms with Crippen LogP contribution in [0.3, 0.4) is 0 Å². The molecule has 13 heavy (non-hydrogen) atoms. The van der Waals surface area contributed by atoms with Crippen LogP contribution in [-0.2, 0) is 6.42 Å². The van der Waals surface area contributed by atoms with E-state index in [1.165, 1.54) is 12.7 Å². The minimum atomic E-state index is -0.272. The molecule has 2 aromatic rings. The van der Waals surface area contributed by atoms with Crippen LogP contribution in [0.25, 0.3) is 11.0 Å². The fourth-order valence-electron chi connectivity index (χ4n) is 1.24. The predicted molar refractivity (Wildman–Crippen MR) is 47.3 cm³/mol. The third kappa shape index (κ3) is 1.18. The summed E-state index contributed by atoms with van der Waals surface area (Å²) < 4.78 is 0. The molecule has 0 spiro atoms. The molecule has 1 N–H and O–H groups in total. The summed E-state index contributed by atoms with van der Waals surface area (Å²) in [4.78, 5) is 25.7. The molecule has 0 saturated heterocycles. The van der Waals surface area contributed by atoms with Gasteiger partial charge >= 0.3 is 0 Å². The second-order valence-corrected chi connectivity index (χ2v) is 2.61. The van der Waals surface area contributed by atoms with Gasteiger partial charge < -0.3 is 4.98 Å². The summed E-state index contributed by atoms with van der Waals surface area (Å²) in [5.41, 5.74) is 1.01. The molecule has 0 amide bonds. The molecule has 0 atom stereocenters. The summed E-state index contributed by atoms with van der Waals surface area (Å²) in [5, 5.41) is 0.493. The van der Waals surface area contributed by atoms with Gasteiger partial charge in [-0.25, -0.2) is 9.97 Å². The van der Waals surface area contributed by atoms with Gasteiger partial charge in [0.25, 0.3) is 5.56 Å². The summed E-state index contributed by atoms with van der Waals surface area (Å²) in [5.74, 6) is 0. The van der Waals surface area contributed by atoms with Gasteiger partial charge in [0.1, 0.15) is 17.4 Å². The number of aromatic amines is 1. The van der Waals surface area contributed by atoms with Crippen molar-refractivity contribution in [2.75, 3.05) is 0 Å². The van der Waals surface area contributed by atoms with Crippen molar-refractivity contribution in [2.24, 2.45) is 0 Å². The lowest BCUT2D eigenvalue weighted by Gasteiger charge is -1.98. The molecular weight excluding hydrogens is 168 g/mol.